The summed E-state index contributed by atoms with van der Waals surface area (Å²) in [5.41, 5.74) is 1.89. The van der Waals surface area contributed by atoms with Crippen LogP contribution in [-0.2, 0) is 16.1 Å². The molecular weight excluding hydrogens is 319 g/mol. The van der Waals surface area contributed by atoms with Gasteiger partial charge < -0.3 is 10.2 Å². The van der Waals surface area contributed by atoms with Gasteiger partial charge in [-0.25, -0.2) is 4.39 Å². The molecule has 1 fully saturated rings. The molecule has 0 aromatic heterocycles. The van der Waals surface area contributed by atoms with Crippen LogP contribution >= 0.6 is 0 Å². The summed E-state index contributed by atoms with van der Waals surface area (Å²) in [7, 11) is 0. The summed E-state index contributed by atoms with van der Waals surface area (Å²) in [6.07, 6.45) is 0.229. The second kappa shape index (κ2) is 7.47. The van der Waals surface area contributed by atoms with Crippen LogP contribution in [0.3, 0.4) is 0 Å². The lowest BCUT2D eigenvalue weighted by atomic mass is 10.1. The van der Waals surface area contributed by atoms with Crippen molar-refractivity contribution < 1.29 is 14.0 Å². The molecule has 0 spiro atoms. The Morgan fingerprint density at radius 1 is 1.20 bits per heavy atom. The van der Waals surface area contributed by atoms with Gasteiger partial charge in [-0.1, -0.05) is 42.5 Å². The van der Waals surface area contributed by atoms with E-state index in [1.807, 2.05) is 37.3 Å². The van der Waals surface area contributed by atoms with Crippen molar-refractivity contribution in [3.05, 3.63) is 71.5 Å². The topological polar surface area (TPSA) is 49.4 Å². The molecule has 3 rings (SSSR count). The quantitative estimate of drug-likeness (QED) is 0.909. The number of likely N-dealkylation sites (tertiary alicyclic amines) is 1. The fourth-order valence-corrected chi connectivity index (χ4v) is 3.13. The van der Waals surface area contributed by atoms with Gasteiger partial charge in [0, 0.05) is 19.5 Å². The molecule has 0 unspecified atom stereocenters. The lowest BCUT2D eigenvalue weighted by Gasteiger charge is -2.25. The second-order valence-corrected chi connectivity index (χ2v) is 6.38. The molecule has 0 saturated carbocycles. The van der Waals surface area contributed by atoms with Crippen LogP contribution in [0.25, 0.3) is 0 Å². The Bertz CT molecular complexity index is 746. The van der Waals surface area contributed by atoms with Crippen molar-refractivity contribution in [2.24, 2.45) is 5.92 Å². The fourth-order valence-electron chi connectivity index (χ4n) is 3.13. The van der Waals surface area contributed by atoms with E-state index >= 15 is 0 Å². The third kappa shape index (κ3) is 4.05. The smallest absolute Gasteiger partial charge is 0.225 e. The van der Waals surface area contributed by atoms with Gasteiger partial charge >= 0.3 is 0 Å². The summed E-state index contributed by atoms with van der Waals surface area (Å²) in [5.74, 6) is -0.792. The molecule has 1 saturated heterocycles. The first-order valence-corrected chi connectivity index (χ1v) is 8.41. The first-order valence-electron chi connectivity index (χ1n) is 8.41. The van der Waals surface area contributed by atoms with Crippen LogP contribution in [0.2, 0.25) is 0 Å². The molecule has 0 bridgehead atoms. The monoisotopic (exact) mass is 340 g/mol. The molecule has 1 aliphatic rings. The standard InChI is InChI=1S/C20H21FN2O2/c1-14(16-5-3-2-4-6-16)23-13-17(11-19(23)24)20(25)22-12-15-7-9-18(21)10-8-15/h2-10,14,17H,11-13H2,1H3,(H,22,25)/t14-,17-/m0/s1. The lowest BCUT2D eigenvalue weighted by Crippen LogP contribution is -2.33. The number of benzene rings is 2. The van der Waals surface area contributed by atoms with Gasteiger partial charge in [0.15, 0.2) is 0 Å². The Labute approximate surface area is 146 Å². The molecule has 5 heteroatoms. The van der Waals surface area contributed by atoms with Gasteiger partial charge in [-0.05, 0) is 30.2 Å². The Kier molecular flexibility index (Phi) is 5.12. The van der Waals surface area contributed by atoms with Crippen LogP contribution < -0.4 is 5.32 Å². The molecular formula is C20H21FN2O2. The Hall–Kier alpha value is -2.69. The predicted octanol–water partition coefficient (Wildman–Crippen LogP) is 3.05. The van der Waals surface area contributed by atoms with E-state index in [1.165, 1.54) is 12.1 Å². The van der Waals surface area contributed by atoms with Crippen LogP contribution in [0, 0.1) is 11.7 Å². The SMILES string of the molecule is C[C@@H](c1ccccc1)N1C[C@@H](C(=O)NCc2ccc(F)cc2)CC1=O. The minimum atomic E-state index is -0.348. The van der Waals surface area contributed by atoms with Crippen molar-refractivity contribution >= 4 is 11.8 Å². The van der Waals surface area contributed by atoms with E-state index < -0.39 is 0 Å². The highest BCUT2D eigenvalue weighted by molar-refractivity contribution is 5.89. The predicted molar refractivity (Wildman–Crippen MR) is 92.9 cm³/mol. The number of hydrogen-bond donors (Lipinski definition) is 1. The molecule has 0 aliphatic carbocycles. The lowest BCUT2D eigenvalue weighted by molar-refractivity contribution is -0.130. The van der Waals surface area contributed by atoms with Crippen molar-refractivity contribution in [3.8, 4) is 0 Å². The zero-order valence-electron chi connectivity index (χ0n) is 14.1. The van der Waals surface area contributed by atoms with Crippen LogP contribution in [0.4, 0.5) is 4.39 Å². The number of nitrogens with one attached hydrogen (secondary N) is 1. The molecule has 130 valence electrons. The number of nitrogens with zero attached hydrogens (tertiary/aromatic N) is 1. The van der Waals surface area contributed by atoms with Crippen molar-refractivity contribution in [3.63, 3.8) is 0 Å². The third-order valence-electron chi connectivity index (χ3n) is 4.66. The Morgan fingerprint density at radius 3 is 2.56 bits per heavy atom. The average molecular weight is 340 g/mol. The molecule has 2 amide bonds. The summed E-state index contributed by atoms with van der Waals surface area (Å²) < 4.78 is 12.9. The van der Waals surface area contributed by atoms with Crippen molar-refractivity contribution in [2.45, 2.75) is 25.9 Å². The molecule has 25 heavy (non-hydrogen) atoms. The van der Waals surface area contributed by atoms with E-state index in [-0.39, 0.29) is 36.0 Å². The number of carbonyl (C=O) groups excluding carboxylic acids is 2. The highest BCUT2D eigenvalue weighted by atomic mass is 19.1. The second-order valence-electron chi connectivity index (χ2n) is 6.38. The fraction of sp³-hybridized carbons (Fsp3) is 0.300. The number of rotatable bonds is 5. The van der Waals surface area contributed by atoms with E-state index in [0.717, 1.165) is 11.1 Å². The first kappa shape index (κ1) is 17.1. The highest BCUT2D eigenvalue weighted by Crippen LogP contribution is 2.28. The van der Waals surface area contributed by atoms with Gasteiger partial charge in [-0.3, -0.25) is 9.59 Å². The molecule has 2 atom stereocenters. The van der Waals surface area contributed by atoms with Crippen LogP contribution in [0.15, 0.2) is 54.6 Å². The van der Waals surface area contributed by atoms with Gasteiger partial charge in [0.1, 0.15) is 5.82 Å². The maximum atomic E-state index is 12.9. The summed E-state index contributed by atoms with van der Waals surface area (Å²) in [6, 6.07) is 15.8. The summed E-state index contributed by atoms with van der Waals surface area (Å²) in [6.45, 7) is 2.73. The van der Waals surface area contributed by atoms with Gasteiger partial charge in [0.25, 0.3) is 0 Å². The molecule has 2 aromatic carbocycles. The third-order valence-corrected chi connectivity index (χ3v) is 4.66. The number of hydrogen-bond acceptors (Lipinski definition) is 2. The first-order chi connectivity index (χ1) is 12.0. The maximum Gasteiger partial charge on any atom is 0.225 e. The maximum absolute atomic E-state index is 12.9. The van der Waals surface area contributed by atoms with Gasteiger partial charge in [0.2, 0.25) is 11.8 Å². The zero-order valence-corrected chi connectivity index (χ0v) is 14.1. The van der Waals surface area contributed by atoms with Crippen molar-refractivity contribution in [1.82, 2.24) is 10.2 Å². The molecule has 1 N–H and O–H groups in total. The minimum absolute atomic E-state index is 0.00159. The number of amides is 2. The summed E-state index contributed by atoms with van der Waals surface area (Å²) >= 11 is 0. The zero-order chi connectivity index (χ0) is 17.8. The largest absolute Gasteiger partial charge is 0.352 e. The van der Waals surface area contributed by atoms with Crippen LogP contribution in [0.1, 0.15) is 30.5 Å². The minimum Gasteiger partial charge on any atom is -0.352 e. The highest BCUT2D eigenvalue weighted by Gasteiger charge is 2.36. The molecule has 4 nitrogen and oxygen atoms in total. The van der Waals surface area contributed by atoms with E-state index in [4.69, 9.17) is 0 Å². The van der Waals surface area contributed by atoms with Crippen LogP contribution in [0.5, 0.6) is 0 Å². The number of carbonyl (C=O) groups is 2. The van der Waals surface area contributed by atoms with Crippen molar-refractivity contribution in [1.29, 1.82) is 0 Å². The van der Waals surface area contributed by atoms with E-state index in [9.17, 15) is 14.0 Å². The van der Waals surface area contributed by atoms with Gasteiger partial charge in [0.05, 0.1) is 12.0 Å². The molecule has 1 aliphatic heterocycles. The van der Waals surface area contributed by atoms with Gasteiger partial charge in [-0.15, -0.1) is 0 Å². The number of halogens is 1. The normalized spacial score (nSPS) is 18.2. The van der Waals surface area contributed by atoms with Gasteiger partial charge in [-0.2, -0.15) is 0 Å². The Morgan fingerprint density at radius 2 is 1.88 bits per heavy atom. The molecule has 2 aromatic rings. The van der Waals surface area contributed by atoms with E-state index in [1.54, 1.807) is 17.0 Å². The van der Waals surface area contributed by atoms with Crippen molar-refractivity contribution in [2.75, 3.05) is 6.54 Å². The van der Waals surface area contributed by atoms with Crippen LogP contribution in [-0.4, -0.2) is 23.3 Å². The molecule has 1 heterocycles. The Balaban J connectivity index is 1.58. The molecule has 0 radical (unpaired) electrons. The summed E-state index contributed by atoms with van der Waals surface area (Å²) in [4.78, 5) is 26.5. The average Bonchev–Trinajstić information content (AvgIpc) is 3.03. The van der Waals surface area contributed by atoms with E-state index in [2.05, 4.69) is 5.32 Å². The summed E-state index contributed by atoms with van der Waals surface area (Å²) in [5, 5.41) is 2.84. The van der Waals surface area contributed by atoms with E-state index in [0.29, 0.717) is 13.1 Å².